The highest BCUT2D eigenvalue weighted by atomic mass is 16.5. The third-order valence-electron chi connectivity index (χ3n) is 3.02. The molecule has 2 heteroatoms. The first-order valence-electron chi connectivity index (χ1n) is 5.61. The number of hydrogen-bond donors (Lipinski definition) is 0. The van der Waals surface area contributed by atoms with Gasteiger partial charge < -0.3 is 4.74 Å². The van der Waals surface area contributed by atoms with Gasteiger partial charge in [-0.15, -0.1) is 0 Å². The lowest BCUT2D eigenvalue weighted by Gasteiger charge is -2.33. The van der Waals surface area contributed by atoms with Gasteiger partial charge in [-0.05, 0) is 44.9 Å². The molecule has 0 N–H and O–H groups in total. The molecule has 0 unspecified atom stereocenters. The largest absolute Gasteiger partial charge is 0.463 e. The lowest BCUT2D eigenvalue weighted by molar-refractivity contribution is -0.154. The Bertz CT molecular complexity index is 196. The van der Waals surface area contributed by atoms with Crippen molar-refractivity contribution >= 4 is 5.97 Å². The summed E-state index contributed by atoms with van der Waals surface area (Å²) < 4.78 is 5.22. The summed E-state index contributed by atoms with van der Waals surface area (Å²) in [6.07, 6.45) is 4.31. The lowest BCUT2D eigenvalue weighted by Crippen LogP contribution is -2.28. The van der Waals surface area contributed by atoms with Crippen LogP contribution in [0.25, 0.3) is 0 Å². The summed E-state index contributed by atoms with van der Waals surface area (Å²) >= 11 is 0. The Labute approximate surface area is 87.0 Å². The molecule has 0 saturated heterocycles. The van der Waals surface area contributed by atoms with Gasteiger partial charge in [0.25, 0.3) is 0 Å². The van der Waals surface area contributed by atoms with E-state index in [1.807, 2.05) is 13.8 Å². The molecule has 14 heavy (non-hydrogen) atoms. The summed E-state index contributed by atoms with van der Waals surface area (Å²) in [6.45, 7) is 8.36. The van der Waals surface area contributed by atoms with E-state index in [9.17, 15) is 4.79 Å². The van der Waals surface area contributed by atoms with Gasteiger partial charge in [-0.2, -0.15) is 0 Å². The molecule has 0 heterocycles. The molecular formula is C12H22O2. The number of esters is 1. The van der Waals surface area contributed by atoms with E-state index in [1.165, 1.54) is 0 Å². The summed E-state index contributed by atoms with van der Waals surface area (Å²) in [5, 5.41) is 0. The molecule has 0 atom stereocenters. The van der Waals surface area contributed by atoms with Crippen LogP contribution in [0.1, 0.15) is 53.4 Å². The highest BCUT2D eigenvalue weighted by Crippen LogP contribution is 2.38. The molecule has 1 rings (SSSR count). The molecule has 0 radical (unpaired) electrons. The highest BCUT2D eigenvalue weighted by Gasteiger charge is 2.31. The van der Waals surface area contributed by atoms with Crippen LogP contribution in [-0.2, 0) is 9.53 Å². The molecule has 0 aromatic carbocycles. The molecule has 1 aliphatic carbocycles. The fraction of sp³-hybridized carbons (Fsp3) is 0.917. The van der Waals surface area contributed by atoms with Crippen molar-refractivity contribution in [2.24, 2.45) is 11.3 Å². The Balaban J connectivity index is 2.38. The van der Waals surface area contributed by atoms with Crippen LogP contribution in [0.5, 0.6) is 0 Å². The molecule has 1 saturated carbocycles. The zero-order valence-corrected chi connectivity index (χ0v) is 9.80. The highest BCUT2D eigenvalue weighted by molar-refractivity contribution is 5.72. The molecule has 1 fully saturated rings. The number of hydrogen-bond acceptors (Lipinski definition) is 2. The maximum absolute atomic E-state index is 11.6. The summed E-state index contributed by atoms with van der Waals surface area (Å²) in [5.41, 5.74) is 0.425. The van der Waals surface area contributed by atoms with Crippen LogP contribution in [0.15, 0.2) is 0 Å². The second-order valence-corrected chi connectivity index (χ2v) is 5.42. The minimum Gasteiger partial charge on any atom is -0.463 e. The van der Waals surface area contributed by atoms with Crippen molar-refractivity contribution in [3.8, 4) is 0 Å². The van der Waals surface area contributed by atoms with Crippen molar-refractivity contribution in [1.29, 1.82) is 0 Å². The minimum atomic E-state index is 0.00972. The number of rotatable bonds is 2. The SMILES string of the molecule is CC(C)OC(=O)C1CCC(C)(C)CC1. The van der Waals surface area contributed by atoms with Crippen LogP contribution in [-0.4, -0.2) is 12.1 Å². The average Bonchev–Trinajstić information content (AvgIpc) is 2.02. The quantitative estimate of drug-likeness (QED) is 0.637. The molecule has 82 valence electrons. The maximum Gasteiger partial charge on any atom is 0.309 e. The molecule has 1 aliphatic rings. The molecule has 0 bridgehead atoms. The van der Waals surface area contributed by atoms with E-state index >= 15 is 0 Å². The van der Waals surface area contributed by atoms with Crippen molar-refractivity contribution in [1.82, 2.24) is 0 Å². The molecule has 2 nitrogen and oxygen atoms in total. The van der Waals surface area contributed by atoms with Gasteiger partial charge in [-0.25, -0.2) is 0 Å². The van der Waals surface area contributed by atoms with Gasteiger partial charge in [-0.1, -0.05) is 13.8 Å². The van der Waals surface area contributed by atoms with Crippen molar-refractivity contribution in [2.75, 3.05) is 0 Å². The van der Waals surface area contributed by atoms with E-state index < -0.39 is 0 Å². The monoisotopic (exact) mass is 198 g/mol. The minimum absolute atomic E-state index is 0.00972. The van der Waals surface area contributed by atoms with E-state index in [0.29, 0.717) is 5.41 Å². The number of carbonyl (C=O) groups excluding carboxylic acids is 1. The summed E-state index contributed by atoms with van der Waals surface area (Å²) in [5.74, 6) is 0.168. The molecule has 0 amide bonds. The van der Waals surface area contributed by atoms with Gasteiger partial charge in [0.05, 0.1) is 12.0 Å². The fourth-order valence-electron chi connectivity index (χ4n) is 1.96. The normalized spacial score (nSPS) is 22.4. The van der Waals surface area contributed by atoms with Gasteiger partial charge in [0, 0.05) is 0 Å². The smallest absolute Gasteiger partial charge is 0.309 e. The average molecular weight is 198 g/mol. The van der Waals surface area contributed by atoms with Crippen LogP contribution >= 0.6 is 0 Å². The van der Waals surface area contributed by atoms with Crippen molar-refractivity contribution in [3.63, 3.8) is 0 Å². The third-order valence-corrected chi connectivity index (χ3v) is 3.02. The van der Waals surface area contributed by atoms with Gasteiger partial charge in [0.2, 0.25) is 0 Å². The van der Waals surface area contributed by atoms with E-state index in [1.54, 1.807) is 0 Å². The van der Waals surface area contributed by atoms with Gasteiger partial charge in [-0.3, -0.25) is 4.79 Å². The second-order valence-electron chi connectivity index (χ2n) is 5.42. The Morgan fingerprint density at radius 3 is 2.21 bits per heavy atom. The van der Waals surface area contributed by atoms with Crippen molar-refractivity contribution < 1.29 is 9.53 Å². The van der Waals surface area contributed by atoms with Crippen LogP contribution < -0.4 is 0 Å². The van der Waals surface area contributed by atoms with Crippen LogP contribution in [0.4, 0.5) is 0 Å². The molecular weight excluding hydrogens is 176 g/mol. The van der Waals surface area contributed by atoms with Gasteiger partial charge in [0.1, 0.15) is 0 Å². The zero-order valence-electron chi connectivity index (χ0n) is 9.80. The molecule has 0 spiro atoms. The van der Waals surface area contributed by atoms with E-state index in [4.69, 9.17) is 4.74 Å². The van der Waals surface area contributed by atoms with Gasteiger partial charge in [0.15, 0.2) is 0 Å². The fourth-order valence-corrected chi connectivity index (χ4v) is 1.96. The van der Waals surface area contributed by atoms with Crippen LogP contribution in [0, 0.1) is 11.3 Å². The first kappa shape index (κ1) is 11.5. The first-order chi connectivity index (χ1) is 6.41. The topological polar surface area (TPSA) is 26.3 Å². The summed E-state index contributed by atoms with van der Waals surface area (Å²) in [6, 6.07) is 0. The summed E-state index contributed by atoms with van der Waals surface area (Å²) in [4.78, 5) is 11.6. The summed E-state index contributed by atoms with van der Waals surface area (Å²) in [7, 11) is 0. The maximum atomic E-state index is 11.6. The number of ether oxygens (including phenoxy) is 1. The Morgan fingerprint density at radius 2 is 1.79 bits per heavy atom. The molecule has 0 aromatic heterocycles. The van der Waals surface area contributed by atoms with Crippen LogP contribution in [0.2, 0.25) is 0 Å². The second kappa shape index (κ2) is 4.33. The predicted molar refractivity (Wildman–Crippen MR) is 57.0 cm³/mol. The Kier molecular flexibility index (Phi) is 3.57. The van der Waals surface area contributed by atoms with Crippen LogP contribution in [0.3, 0.4) is 0 Å². The van der Waals surface area contributed by atoms with E-state index in [0.717, 1.165) is 25.7 Å². The Morgan fingerprint density at radius 1 is 1.29 bits per heavy atom. The Hall–Kier alpha value is -0.530. The lowest BCUT2D eigenvalue weighted by atomic mass is 9.73. The number of carbonyl (C=O) groups is 1. The van der Waals surface area contributed by atoms with E-state index in [-0.39, 0.29) is 18.0 Å². The zero-order chi connectivity index (χ0) is 10.8. The van der Waals surface area contributed by atoms with E-state index in [2.05, 4.69) is 13.8 Å². The van der Waals surface area contributed by atoms with Crippen molar-refractivity contribution in [2.45, 2.75) is 59.5 Å². The third kappa shape index (κ3) is 3.32. The molecule has 0 aliphatic heterocycles. The first-order valence-corrected chi connectivity index (χ1v) is 5.61. The molecule has 0 aromatic rings. The van der Waals surface area contributed by atoms with Crippen molar-refractivity contribution in [3.05, 3.63) is 0 Å². The predicted octanol–water partition coefficient (Wildman–Crippen LogP) is 3.15. The van der Waals surface area contributed by atoms with Gasteiger partial charge >= 0.3 is 5.97 Å². The standard InChI is InChI=1S/C12H22O2/c1-9(2)14-11(13)10-5-7-12(3,4)8-6-10/h9-10H,5-8H2,1-4H3.